The zero-order valence-electron chi connectivity index (χ0n) is 8.14. The van der Waals surface area contributed by atoms with Gasteiger partial charge in [-0.2, -0.15) is 0 Å². The van der Waals surface area contributed by atoms with Crippen LogP contribution in [0.3, 0.4) is 0 Å². The molecule has 1 aromatic carbocycles. The molecule has 0 saturated heterocycles. The standard InChI is InChI=1S/C10H14N2Te/c1-6-4-5-9(10(13)12-11)8(3)7(6)2/h4-5H,11H2,1-3H3,(H,12,13). The summed E-state index contributed by atoms with van der Waals surface area (Å²) in [5.41, 5.74) is 7.87. The first-order valence-electron chi connectivity index (χ1n) is 4.15. The molecule has 0 radical (unpaired) electrons. The fraction of sp³-hybridized carbons (Fsp3) is 0.300. The summed E-state index contributed by atoms with van der Waals surface area (Å²) in [6.07, 6.45) is 0. The van der Waals surface area contributed by atoms with Gasteiger partial charge in [0.05, 0.1) is 0 Å². The molecule has 0 heterocycles. The summed E-state index contributed by atoms with van der Waals surface area (Å²) in [7, 11) is 0. The van der Waals surface area contributed by atoms with Crippen LogP contribution in [0.5, 0.6) is 0 Å². The van der Waals surface area contributed by atoms with Crippen LogP contribution in [0.25, 0.3) is 0 Å². The molecule has 0 amide bonds. The average molecular weight is 290 g/mol. The third-order valence-corrected chi connectivity index (χ3v) is 3.40. The molecule has 2 nitrogen and oxygen atoms in total. The van der Waals surface area contributed by atoms with E-state index in [9.17, 15) is 0 Å². The second-order valence-corrected chi connectivity index (χ2v) is 4.32. The Morgan fingerprint density at radius 1 is 1.23 bits per heavy atom. The molecule has 1 rings (SSSR count). The monoisotopic (exact) mass is 292 g/mol. The van der Waals surface area contributed by atoms with Gasteiger partial charge in [0.2, 0.25) is 0 Å². The number of nitrogens with one attached hydrogen (secondary N) is 1. The second kappa shape index (κ2) is 4.23. The summed E-state index contributed by atoms with van der Waals surface area (Å²) < 4.78 is 1.02. The van der Waals surface area contributed by atoms with Crippen molar-refractivity contribution in [3.63, 3.8) is 0 Å². The van der Waals surface area contributed by atoms with Crippen LogP contribution in [0, 0.1) is 20.8 Å². The normalized spacial score (nSPS) is 9.85. The molecular weight excluding hydrogens is 276 g/mol. The molecule has 0 aromatic heterocycles. The molecule has 0 aliphatic heterocycles. The summed E-state index contributed by atoms with van der Waals surface area (Å²) in [5.74, 6) is 5.38. The van der Waals surface area contributed by atoms with Gasteiger partial charge in [-0.15, -0.1) is 0 Å². The molecule has 0 saturated carbocycles. The zero-order chi connectivity index (χ0) is 10.0. The Hall–Kier alpha value is -0.360. The molecule has 0 atom stereocenters. The quantitative estimate of drug-likeness (QED) is 0.478. The molecule has 3 N–H and O–H groups in total. The predicted octanol–water partition coefficient (Wildman–Crippen LogP) is 0.722. The molecule has 0 bridgehead atoms. The van der Waals surface area contributed by atoms with Gasteiger partial charge in [0, 0.05) is 0 Å². The van der Waals surface area contributed by atoms with Gasteiger partial charge in [-0.25, -0.2) is 0 Å². The van der Waals surface area contributed by atoms with E-state index in [0.29, 0.717) is 0 Å². The van der Waals surface area contributed by atoms with Crippen LogP contribution < -0.4 is 11.3 Å². The van der Waals surface area contributed by atoms with Gasteiger partial charge in [-0.1, -0.05) is 0 Å². The molecule has 0 unspecified atom stereocenters. The van der Waals surface area contributed by atoms with E-state index in [1.165, 1.54) is 22.3 Å². The van der Waals surface area contributed by atoms with Crippen LogP contribution in [0.1, 0.15) is 22.3 Å². The van der Waals surface area contributed by atoms with Crippen molar-refractivity contribution in [3.8, 4) is 0 Å². The summed E-state index contributed by atoms with van der Waals surface area (Å²) in [6.45, 7) is 6.39. The van der Waals surface area contributed by atoms with E-state index in [-0.39, 0.29) is 0 Å². The molecule has 1 aromatic rings. The first-order valence-corrected chi connectivity index (χ1v) is 5.32. The van der Waals surface area contributed by atoms with E-state index in [1.807, 2.05) is 21.8 Å². The number of nitrogens with two attached hydrogens (primary N) is 1. The molecule has 13 heavy (non-hydrogen) atoms. The molecule has 0 aliphatic carbocycles. The van der Waals surface area contributed by atoms with E-state index in [2.05, 4.69) is 38.3 Å². The van der Waals surface area contributed by atoms with Crippen LogP contribution in [-0.4, -0.2) is 25.5 Å². The summed E-state index contributed by atoms with van der Waals surface area (Å²) in [6, 6.07) is 4.23. The van der Waals surface area contributed by atoms with Crippen molar-refractivity contribution >= 4 is 25.5 Å². The molecule has 70 valence electrons. The van der Waals surface area contributed by atoms with Gasteiger partial charge in [-0.05, 0) is 0 Å². The van der Waals surface area contributed by atoms with Crippen LogP contribution >= 0.6 is 0 Å². The van der Waals surface area contributed by atoms with Crippen LogP contribution in [0.2, 0.25) is 0 Å². The third-order valence-electron chi connectivity index (χ3n) is 2.43. The number of aryl methyl sites for hydroxylation is 1. The molecule has 0 spiro atoms. The number of hydrogen-bond acceptors (Lipinski definition) is 2. The zero-order valence-corrected chi connectivity index (χ0v) is 10.5. The van der Waals surface area contributed by atoms with Gasteiger partial charge < -0.3 is 0 Å². The van der Waals surface area contributed by atoms with Crippen LogP contribution in [0.15, 0.2) is 12.1 Å². The molecular formula is C10H14N2Te. The Balaban J connectivity index is 3.26. The summed E-state index contributed by atoms with van der Waals surface area (Å²) in [5, 5.41) is 0. The van der Waals surface area contributed by atoms with Crippen molar-refractivity contribution in [3.05, 3.63) is 34.4 Å². The minimum atomic E-state index is 1.02. The second-order valence-electron chi connectivity index (χ2n) is 3.15. The SMILES string of the molecule is Cc1ccc(C(=[Te])NN)c(C)c1C. The van der Waals surface area contributed by atoms with Gasteiger partial charge in [0.15, 0.2) is 0 Å². The first-order chi connectivity index (χ1) is 6.07. The fourth-order valence-corrected chi connectivity index (χ4v) is 1.91. The average Bonchev–Trinajstić information content (AvgIpc) is 2.13. The van der Waals surface area contributed by atoms with Crippen molar-refractivity contribution in [2.45, 2.75) is 20.8 Å². The van der Waals surface area contributed by atoms with Crippen molar-refractivity contribution in [2.24, 2.45) is 5.84 Å². The van der Waals surface area contributed by atoms with Crippen molar-refractivity contribution in [1.82, 2.24) is 5.43 Å². The predicted molar refractivity (Wildman–Crippen MR) is 57.8 cm³/mol. The minimum absolute atomic E-state index is 1.02. The van der Waals surface area contributed by atoms with E-state index in [4.69, 9.17) is 5.84 Å². The topological polar surface area (TPSA) is 38.0 Å². The van der Waals surface area contributed by atoms with Crippen molar-refractivity contribution in [1.29, 1.82) is 0 Å². The number of benzene rings is 1. The van der Waals surface area contributed by atoms with Crippen LogP contribution in [-0.2, 0) is 0 Å². The fourth-order valence-electron chi connectivity index (χ4n) is 1.28. The van der Waals surface area contributed by atoms with Crippen molar-refractivity contribution in [2.75, 3.05) is 0 Å². The Bertz CT molecular complexity index is 345. The molecule has 3 heteroatoms. The van der Waals surface area contributed by atoms with E-state index >= 15 is 0 Å². The Kier molecular flexibility index (Phi) is 3.49. The molecule has 0 aliphatic rings. The third kappa shape index (κ3) is 2.11. The maximum absolute atomic E-state index is 5.38. The number of hydrazine groups is 1. The Labute approximate surface area is 91.9 Å². The Morgan fingerprint density at radius 3 is 2.38 bits per heavy atom. The van der Waals surface area contributed by atoms with Gasteiger partial charge in [0.1, 0.15) is 0 Å². The first kappa shape index (κ1) is 10.7. The van der Waals surface area contributed by atoms with Crippen molar-refractivity contribution < 1.29 is 0 Å². The van der Waals surface area contributed by atoms with E-state index < -0.39 is 0 Å². The number of hydrogen-bond donors (Lipinski definition) is 2. The number of rotatable bonds is 2. The van der Waals surface area contributed by atoms with Crippen LogP contribution in [0.4, 0.5) is 0 Å². The molecule has 0 fully saturated rings. The van der Waals surface area contributed by atoms with Gasteiger partial charge >= 0.3 is 91.9 Å². The summed E-state index contributed by atoms with van der Waals surface area (Å²) in [4.78, 5) is 0. The van der Waals surface area contributed by atoms with E-state index in [1.54, 1.807) is 0 Å². The maximum atomic E-state index is 5.38. The van der Waals surface area contributed by atoms with Gasteiger partial charge in [-0.3, -0.25) is 0 Å². The summed E-state index contributed by atoms with van der Waals surface area (Å²) >= 11 is 1.91. The Morgan fingerprint density at radius 2 is 1.85 bits per heavy atom. The van der Waals surface area contributed by atoms with E-state index in [0.717, 1.165) is 3.67 Å². The van der Waals surface area contributed by atoms with Gasteiger partial charge in [0.25, 0.3) is 0 Å².